The van der Waals surface area contributed by atoms with E-state index in [9.17, 15) is 4.39 Å². The van der Waals surface area contributed by atoms with Crippen molar-refractivity contribution in [1.29, 1.82) is 0 Å². The molecule has 0 bridgehead atoms. The molecular weight excluding hydrogens is 255 g/mol. The Morgan fingerprint density at radius 1 is 1.50 bits per heavy atom. The van der Waals surface area contributed by atoms with Gasteiger partial charge < -0.3 is 4.74 Å². The number of hydrazine groups is 1. The molecule has 2 unspecified atom stereocenters. The minimum atomic E-state index is -0.293. The molecule has 1 aromatic carbocycles. The van der Waals surface area contributed by atoms with Crippen molar-refractivity contribution < 1.29 is 9.13 Å². The van der Waals surface area contributed by atoms with Crippen molar-refractivity contribution in [2.45, 2.75) is 37.8 Å². The number of nitrogens with two attached hydrogens (primary N) is 1. The summed E-state index contributed by atoms with van der Waals surface area (Å²) in [4.78, 5) is 0. The fourth-order valence-electron chi connectivity index (χ4n) is 2.33. The zero-order chi connectivity index (χ0) is 13.0. The summed E-state index contributed by atoms with van der Waals surface area (Å²) in [6.07, 6.45) is 3.61. The van der Waals surface area contributed by atoms with E-state index in [1.54, 1.807) is 12.1 Å². The van der Waals surface area contributed by atoms with Crippen molar-refractivity contribution >= 4 is 11.6 Å². The SMILES string of the molecule is NNC(Cc1c(F)cccc1Cl)C1CCCCO1. The Morgan fingerprint density at radius 3 is 2.94 bits per heavy atom. The highest BCUT2D eigenvalue weighted by Crippen LogP contribution is 2.24. The third-order valence-corrected chi connectivity index (χ3v) is 3.72. The lowest BCUT2D eigenvalue weighted by Gasteiger charge is -2.30. The van der Waals surface area contributed by atoms with Gasteiger partial charge in [-0.15, -0.1) is 0 Å². The van der Waals surface area contributed by atoms with Crippen LogP contribution in [0.5, 0.6) is 0 Å². The lowest BCUT2D eigenvalue weighted by molar-refractivity contribution is -0.00757. The lowest BCUT2D eigenvalue weighted by Crippen LogP contribution is -2.47. The second-order valence-electron chi connectivity index (χ2n) is 4.58. The summed E-state index contributed by atoms with van der Waals surface area (Å²) in [6.45, 7) is 0.744. The predicted octanol–water partition coefficient (Wildman–Crippen LogP) is 2.42. The Morgan fingerprint density at radius 2 is 2.33 bits per heavy atom. The monoisotopic (exact) mass is 272 g/mol. The second kappa shape index (κ2) is 6.48. The Balaban J connectivity index is 2.09. The maximum absolute atomic E-state index is 13.7. The van der Waals surface area contributed by atoms with Gasteiger partial charge in [0, 0.05) is 17.2 Å². The normalized spacial score (nSPS) is 21.8. The van der Waals surface area contributed by atoms with Gasteiger partial charge in [-0.1, -0.05) is 17.7 Å². The van der Waals surface area contributed by atoms with E-state index in [0.29, 0.717) is 17.0 Å². The summed E-state index contributed by atoms with van der Waals surface area (Å²) in [5.74, 6) is 5.26. The molecule has 1 aliphatic heterocycles. The molecule has 3 N–H and O–H groups in total. The van der Waals surface area contributed by atoms with Crippen LogP contribution in [0.4, 0.5) is 4.39 Å². The van der Waals surface area contributed by atoms with Gasteiger partial charge in [-0.3, -0.25) is 11.3 Å². The van der Waals surface area contributed by atoms with E-state index in [1.165, 1.54) is 6.07 Å². The fourth-order valence-corrected chi connectivity index (χ4v) is 2.57. The van der Waals surface area contributed by atoms with Crippen LogP contribution in [0.3, 0.4) is 0 Å². The van der Waals surface area contributed by atoms with Crippen LogP contribution in [0, 0.1) is 5.82 Å². The quantitative estimate of drug-likeness (QED) is 0.654. The van der Waals surface area contributed by atoms with Gasteiger partial charge in [0.25, 0.3) is 0 Å². The topological polar surface area (TPSA) is 47.3 Å². The summed E-state index contributed by atoms with van der Waals surface area (Å²) >= 11 is 6.02. The standard InChI is InChI=1S/C13H18ClFN2O/c14-10-4-3-5-11(15)9(10)8-12(17-16)13-6-1-2-7-18-13/h3-5,12-13,17H,1-2,6-8,16H2. The Hall–Kier alpha value is -0.680. The predicted molar refractivity (Wildman–Crippen MR) is 69.8 cm³/mol. The van der Waals surface area contributed by atoms with Crippen molar-refractivity contribution in [1.82, 2.24) is 5.43 Å². The van der Waals surface area contributed by atoms with Crippen LogP contribution in [0.1, 0.15) is 24.8 Å². The van der Waals surface area contributed by atoms with Crippen molar-refractivity contribution in [3.05, 3.63) is 34.6 Å². The first-order valence-electron chi connectivity index (χ1n) is 6.23. The van der Waals surface area contributed by atoms with Gasteiger partial charge in [-0.2, -0.15) is 0 Å². The highest BCUT2D eigenvalue weighted by molar-refractivity contribution is 6.31. The molecule has 1 heterocycles. The molecule has 1 aliphatic rings. The molecule has 100 valence electrons. The van der Waals surface area contributed by atoms with Gasteiger partial charge in [-0.05, 0) is 37.8 Å². The molecule has 1 saturated heterocycles. The van der Waals surface area contributed by atoms with Crippen molar-refractivity contribution in [2.75, 3.05) is 6.61 Å². The zero-order valence-corrected chi connectivity index (χ0v) is 10.9. The maximum Gasteiger partial charge on any atom is 0.127 e. The molecule has 0 spiro atoms. The van der Waals surface area contributed by atoms with E-state index in [1.807, 2.05) is 0 Å². The molecule has 5 heteroatoms. The number of hydrogen-bond donors (Lipinski definition) is 2. The van der Waals surface area contributed by atoms with E-state index >= 15 is 0 Å². The third kappa shape index (κ3) is 3.20. The minimum absolute atomic E-state index is 0.0272. The highest BCUT2D eigenvalue weighted by Gasteiger charge is 2.25. The fraction of sp³-hybridized carbons (Fsp3) is 0.538. The molecule has 18 heavy (non-hydrogen) atoms. The minimum Gasteiger partial charge on any atom is -0.377 e. The molecule has 3 nitrogen and oxygen atoms in total. The first-order chi connectivity index (χ1) is 8.72. The van der Waals surface area contributed by atoms with Crippen LogP contribution in [-0.2, 0) is 11.2 Å². The molecule has 1 aromatic rings. The van der Waals surface area contributed by atoms with Crippen LogP contribution in [0.25, 0.3) is 0 Å². The number of nitrogens with one attached hydrogen (secondary N) is 1. The van der Waals surface area contributed by atoms with Gasteiger partial charge in [0.05, 0.1) is 12.1 Å². The summed E-state index contributed by atoms with van der Waals surface area (Å²) in [5.41, 5.74) is 3.22. The average molecular weight is 273 g/mol. The van der Waals surface area contributed by atoms with Crippen LogP contribution < -0.4 is 11.3 Å². The lowest BCUT2D eigenvalue weighted by atomic mass is 9.96. The number of rotatable bonds is 4. The number of ether oxygens (including phenoxy) is 1. The van der Waals surface area contributed by atoms with Gasteiger partial charge in [0.15, 0.2) is 0 Å². The maximum atomic E-state index is 13.7. The first kappa shape index (κ1) is 13.7. The van der Waals surface area contributed by atoms with E-state index in [4.69, 9.17) is 22.2 Å². The average Bonchev–Trinajstić information content (AvgIpc) is 2.40. The molecule has 0 aromatic heterocycles. The molecule has 2 atom stereocenters. The molecule has 0 radical (unpaired) electrons. The van der Waals surface area contributed by atoms with Gasteiger partial charge >= 0.3 is 0 Å². The molecule has 1 fully saturated rings. The second-order valence-corrected chi connectivity index (χ2v) is 4.99. The number of halogens is 2. The summed E-state index contributed by atoms with van der Waals surface area (Å²) in [7, 11) is 0. The third-order valence-electron chi connectivity index (χ3n) is 3.36. The summed E-state index contributed by atoms with van der Waals surface area (Å²) < 4.78 is 19.4. The molecule has 0 aliphatic carbocycles. The smallest absolute Gasteiger partial charge is 0.127 e. The van der Waals surface area contributed by atoms with Crippen molar-refractivity contribution in [2.24, 2.45) is 5.84 Å². The van der Waals surface area contributed by atoms with Crippen LogP contribution >= 0.6 is 11.6 Å². The van der Waals surface area contributed by atoms with E-state index in [2.05, 4.69) is 5.43 Å². The molecular formula is C13H18ClFN2O. The first-order valence-corrected chi connectivity index (χ1v) is 6.61. The number of hydrogen-bond acceptors (Lipinski definition) is 3. The molecule has 0 saturated carbocycles. The zero-order valence-electron chi connectivity index (χ0n) is 10.2. The largest absolute Gasteiger partial charge is 0.377 e. The number of benzene rings is 1. The van der Waals surface area contributed by atoms with Crippen LogP contribution in [-0.4, -0.2) is 18.8 Å². The van der Waals surface area contributed by atoms with Gasteiger partial charge in [-0.25, -0.2) is 4.39 Å². The van der Waals surface area contributed by atoms with Crippen LogP contribution in [0.2, 0.25) is 5.02 Å². The molecule has 2 rings (SSSR count). The Labute approximate surface area is 111 Å². The Kier molecular flexibility index (Phi) is 4.95. The van der Waals surface area contributed by atoms with Gasteiger partial charge in [0.2, 0.25) is 0 Å². The summed E-state index contributed by atoms with van der Waals surface area (Å²) in [6, 6.07) is 4.59. The van der Waals surface area contributed by atoms with Crippen LogP contribution in [0.15, 0.2) is 18.2 Å². The Bertz CT molecular complexity index is 376. The summed E-state index contributed by atoms with van der Waals surface area (Å²) in [5, 5.41) is 0.436. The van der Waals surface area contributed by atoms with E-state index < -0.39 is 0 Å². The van der Waals surface area contributed by atoms with Crippen molar-refractivity contribution in [3.8, 4) is 0 Å². The van der Waals surface area contributed by atoms with E-state index in [-0.39, 0.29) is 18.0 Å². The van der Waals surface area contributed by atoms with Crippen molar-refractivity contribution in [3.63, 3.8) is 0 Å². The highest BCUT2D eigenvalue weighted by atomic mass is 35.5. The van der Waals surface area contributed by atoms with Gasteiger partial charge in [0.1, 0.15) is 5.82 Å². The molecule has 0 amide bonds. The van der Waals surface area contributed by atoms with E-state index in [0.717, 1.165) is 25.9 Å².